The van der Waals surface area contributed by atoms with Crippen LogP contribution in [0.3, 0.4) is 0 Å². The van der Waals surface area contributed by atoms with Gasteiger partial charge in [0.2, 0.25) is 5.91 Å². The Morgan fingerprint density at radius 3 is 2.69 bits per heavy atom. The largest absolute Gasteiger partial charge is 0.337 e. The molecular weight excluding hydrogens is 660 g/mol. The third-order valence-electron chi connectivity index (χ3n) is 11.4. The maximum absolute atomic E-state index is 17.1. The third kappa shape index (κ3) is 4.82. The summed E-state index contributed by atoms with van der Waals surface area (Å²) in [6.07, 6.45) is 8.21. The summed E-state index contributed by atoms with van der Waals surface area (Å²) in [4.78, 5) is 21.0. The summed E-state index contributed by atoms with van der Waals surface area (Å²) in [5, 5.41) is 20.2. The van der Waals surface area contributed by atoms with Gasteiger partial charge in [-0.1, -0.05) is 35.3 Å². The molecule has 6 heterocycles. The number of amides is 1. The molecule has 5 unspecified atom stereocenters. The van der Waals surface area contributed by atoms with Crippen LogP contribution in [-0.2, 0) is 11.2 Å². The van der Waals surface area contributed by atoms with Gasteiger partial charge in [0.05, 0.1) is 46.0 Å². The highest BCUT2D eigenvalue weighted by Crippen LogP contribution is 2.52. The van der Waals surface area contributed by atoms with E-state index >= 15 is 4.39 Å². The fourth-order valence-electron chi connectivity index (χ4n) is 8.83. The van der Waals surface area contributed by atoms with Gasteiger partial charge >= 0.3 is 0 Å². The Morgan fingerprint density at radius 1 is 1.16 bits per heavy atom. The second kappa shape index (κ2) is 11.5. The van der Waals surface area contributed by atoms with E-state index in [1.165, 1.54) is 0 Å². The quantitative estimate of drug-likeness (QED) is 0.186. The van der Waals surface area contributed by atoms with Gasteiger partial charge in [0.15, 0.2) is 5.82 Å². The number of halogens is 3. The maximum Gasteiger partial charge on any atom is 0.226 e. The minimum atomic E-state index is -0.468. The molecule has 0 radical (unpaired) electrons. The molecule has 3 saturated heterocycles. The minimum absolute atomic E-state index is 0.0556. The molecular formula is C38H36Cl2FN7O. The van der Waals surface area contributed by atoms with E-state index in [2.05, 4.69) is 38.2 Å². The molecule has 10 rings (SSSR count). The molecule has 2 aliphatic carbocycles. The number of aromatic nitrogens is 4. The van der Waals surface area contributed by atoms with E-state index in [-0.39, 0.29) is 46.9 Å². The van der Waals surface area contributed by atoms with Gasteiger partial charge in [-0.05, 0) is 81.2 Å². The fourth-order valence-corrected chi connectivity index (χ4v) is 9.22. The molecule has 49 heavy (non-hydrogen) atoms. The minimum Gasteiger partial charge on any atom is -0.337 e. The van der Waals surface area contributed by atoms with Crippen LogP contribution in [0.5, 0.6) is 0 Å². The van der Waals surface area contributed by atoms with Crippen molar-refractivity contribution in [3.63, 3.8) is 0 Å². The lowest BCUT2D eigenvalue weighted by molar-refractivity contribution is -0.133. The van der Waals surface area contributed by atoms with E-state index in [0.717, 1.165) is 60.1 Å². The van der Waals surface area contributed by atoms with Crippen molar-refractivity contribution in [1.29, 1.82) is 5.26 Å². The molecule has 3 aromatic heterocycles. The number of carbonyl (C=O) groups excluding carboxylic acids is 1. The third-order valence-corrected chi connectivity index (χ3v) is 12.2. The van der Waals surface area contributed by atoms with Crippen LogP contribution in [0.2, 0.25) is 10.0 Å². The number of hydrogen-bond acceptors (Lipinski definition) is 5. The van der Waals surface area contributed by atoms with Crippen molar-refractivity contribution in [2.45, 2.75) is 76.5 Å². The van der Waals surface area contributed by atoms with Crippen molar-refractivity contribution in [3.8, 4) is 17.2 Å². The summed E-state index contributed by atoms with van der Waals surface area (Å²) in [5.41, 5.74) is 5.62. The molecule has 1 N–H and O–H groups in total. The highest BCUT2D eigenvalue weighted by Gasteiger charge is 2.51. The molecule has 2 aromatic carbocycles. The number of fused-ring (bicyclic) bond motifs is 4. The molecule has 5 aromatic rings. The highest BCUT2D eigenvalue weighted by molar-refractivity contribution is 6.43. The number of aryl methyl sites for hydroxylation is 3. The van der Waals surface area contributed by atoms with Crippen LogP contribution in [0, 0.1) is 42.8 Å². The molecule has 3 aliphatic heterocycles. The van der Waals surface area contributed by atoms with Crippen molar-refractivity contribution in [2.24, 2.45) is 11.8 Å². The number of nitriles is 1. The summed E-state index contributed by atoms with van der Waals surface area (Å²) in [6.45, 7) is 5.51. The SMILES string of the molecule is Cc1cnn(C2CC(c3cc4c(C)nc5c(F)c(-c6cccc(Cl)c6Cl)c(CCC#N)cc5c4n3C3C4CNC3C4)N(C(=O)C3CC3)C2)c1. The molecule has 2 saturated carbocycles. The Bertz CT molecular complexity index is 2220. The topological polar surface area (TPSA) is 91.8 Å². The Kier molecular flexibility index (Phi) is 7.31. The van der Waals surface area contributed by atoms with E-state index in [4.69, 9.17) is 28.2 Å². The summed E-state index contributed by atoms with van der Waals surface area (Å²) in [6, 6.07) is 12.1. The fraction of sp³-hybridized carbons (Fsp3) is 0.421. The maximum atomic E-state index is 17.1. The van der Waals surface area contributed by atoms with Crippen LogP contribution >= 0.6 is 23.2 Å². The van der Waals surface area contributed by atoms with Gasteiger partial charge in [-0.2, -0.15) is 10.4 Å². The van der Waals surface area contributed by atoms with Gasteiger partial charge in [-0.3, -0.25) is 9.48 Å². The van der Waals surface area contributed by atoms with Gasteiger partial charge in [-0.15, -0.1) is 0 Å². The van der Waals surface area contributed by atoms with Crippen molar-refractivity contribution in [3.05, 3.63) is 81.1 Å². The number of pyridine rings is 1. The first-order chi connectivity index (χ1) is 23.7. The van der Waals surface area contributed by atoms with E-state index in [1.807, 2.05) is 30.8 Å². The lowest BCUT2D eigenvalue weighted by Gasteiger charge is -2.39. The molecule has 5 atom stereocenters. The van der Waals surface area contributed by atoms with Gasteiger partial charge in [-0.25, -0.2) is 9.37 Å². The van der Waals surface area contributed by atoms with Crippen LogP contribution in [0.15, 0.2) is 42.7 Å². The van der Waals surface area contributed by atoms with Crippen molar-refractivity contribution in [2.75, 3.05) is 13.1 Å². The van der Waals surface area contributed by atoms with Crippen LogP contribution in [0.1, 0.15) is 72.7 Å². The van der Waals surface area contributed by atoms with Crippen LogP contribution in [0.25, 0.3) is 32.9 Å². The van der Waals surface area contributed by atoms with Gasteiger partial charge in [0.25, 0.3) is 0 Å². The van der Waals surface area contributed by atoms with Crippen LogP contribution in [0.4, 0.5) is 4.39 Å². The second-order valence-corrected chi connectivity index (χ2v) is 15.2. The van der Waals surface area contributed by atoms with Crippen LogP contribution in [-0.4, -0.2) is 49.3 Å². The van der Waals surface area contributed by atoms with Crippen molar-refractivity contribution < 1.29 is 9.18 Å². The molecule has 250 valence electrons. The Labute approximate surface area is 293 Å². The summed E-state index contributed by atoms with van der Waals surface area (Å²) >= 11 is 13.1. The lowest BCUT2D eigenvalue weighted by Crippen LogP contribution is -2.41. The predicted octanol–water partition coefficient (Wildman–Crippen LogP) is 8.03. The average Bonchev–Trinajstić information content (AvgIpc) is 3.54. The smallest absolute Gasteiger partial charge is 0.226 e. The summed E-state index contributed by atoms with van der Waals surface area (Å²) < 4.78 is 21.6. The Balaban J connectivity index is 1.30. The molecule has 0 spiro atoms. The zero-order valence-corrected chi connectivity index (χ0v) is 28.9. The predicted molar refractivity (Wildman–Crippen MR) is 188 cm³/mol. The van der Waals surface area contributed by atoms with E-state index in [1.54, 1.807) is 18.2 Å². The van der Waals surface area contributed by atoms with E-state index in [0.29, 0.717) is 52.0 Å². The zero-order valence-electron chi connectivity index (χ0n) is 27.4. The number of carbonyl (C=O) groups is 1. The van der Waals surface area contributed by atoms with Crippen LogP contribution < -0.4 is 5.32 Å². The number of hydrogen-bond donors (Lipinski definition) is 1. The lowest BCUT2D eigenvalue weighted by atomic mass is 9.79. The molecule has 8 nitrogen and oxygen atoms in total. The van der Waals surface area contributed by atoms with E-state index in [9.17, 15) is 10.1 Å². The number of nitrogens with one attached hydrogen (secondary N) is 1. The molecule has 2 bridgehead atoms. The summed E-state index contributed by atoms with van der Waals surface area (Å²) in [5.74, 6) is 0.270. The monoisotopic (exact) mass is 695 g/mol. The first-order valence-corrected chi connectivity index (χ1v) is 18.0. The zero-order chi connectivity index (χ0) is 33.7. The Morgan fingerprint density at radius 2 is 2.00 bits per heavy atom. The first kappa shape index (κ1) is 31.0. The number of benzene rings is 2. The normalized spacial score (nSPS) is 24.6. The highest BCUT2D eigenvalue weighted by atomic mass is 35.5. The van der Waals surface area contributed by atoms with E-state index < -0.39 is 5.82 Å². The summed E-state index contributed by atoms with van der Waals surface area (Å²) in [7, 11) is 0. The second-order valence-electron chi connectivity index (χ2n) is 14.4. The first-order valence-electron chi connectivity index (χ1n) is 17.3. The average molecular weight is 697 g/mol. The molecule has 11 heteroatoms. The number of likely N-dealkylation sites (tertiary alicyclic amines) is 1. The number of rotatable bonds is 7. The van der Waals surface area contributed by atoms with Gasteiger partial charge < -0.3 is 14.8 Å². The number of nitrogens with zero attached hydrogens (tertiary/aromatic N) is 6. The van der Waals surface area contributed by atoms with Crippen molar-refractivity contribution >= 4 is 50.9 Å². The molecule has 5 aliphatic rings. The molecule has 5 fully saturated rings. The standard InChI is InChI=1S/C38H36Cl2FN7O/c1-19-15-44-47(17-19)24-13-30(46(18-24)38(49)21-8-9-21)31-14-26-20(2)45-35-27(37(26)48(31)36-23-12-29(36)43-16-23)11-22(5-4-10-42)32(34(35)41)25-6-3-7-28(39)33(25)40/h3,6-7,11,14-15,17,21,23-24,29-30,36,43H,4-5,8-9,12-13,16,18H2,1-2H3. The molecule has 1 amide bonds. The Hall–Kier alpha value is -3.97. The van der Waals surface area contributed by atoms with Gasteiger partial charge in [0.1, 0.15) is 5.52 Å². The van der Waals surface area contributed by atoms with Crippen molar-refractivity contribution in [1.82, 2.24) is 29.5 Å². The van der Waals surface area contributed by atoms with Gasteiger partial charge in [0, 0.05) is 71.0 Å².